The van der Waals surface area contributed by atoms with Gasteiger partial charge in [0.1, 0.15) is 12.4 Å². The van der Waals surface area contributed by atoms with E-state index in [2.05, 4.69) is 47.0 Å². The summed E-state index contributed by atoms with van der Waals surface area (Å²) in [4.78, 5) is 4.25. The number of hydrogen-bond acceptors (Lipinski definition) is 4. The number of guanidine groups is 1. The lowest BCUT2D eigenvalue weighted by Gasteiger charge is -2.15. The van der Waals surface area contributed by atoms with Gasteiger partial charge in [-0.15, -0.1) is 0 Å². The second kappa shape index (κ2) is 12.1. The molecule has 0 aromatic heterocycles. The Morgan fingerprint density at radius 1 is 1.26 bits per heavy atom. The number of nitrogens with one attached hydrogen (secondary N) is 2. The van der Waals surface area contributed by atoms with E-state index < -0.39 is 0 Å². The monoisotopic (exact) mass is 339 g/mol. The van der Waals surface area contributed by atoms with Crippen molar-refractivity contribution < 1.29 is 9.47 Å². The molecule has 1 aromatic rings. The highest BCUT2D eigenvalue weighted by atomic mass is 32.2. The molecule has 1 aromatic carbocycles. The molecular formula is C17H29N3O2S. The summed E-state index contributed by atoms with van der Waals surface area (Å²) in [5, 5.41) is 6.66. The van der Waals surface area contributed by atoms with Gasteiger partial charge in [0, 0.05) is 32.8 Å². The van der Waals surface area contributed by atoms with Crippen LogP contribution in [0.5, 0.6) is 5.75 Å². The zero-order valence-corrected chi connectivity index (χ0v) is 15.5. The van der Waals surface area contributed by atoms with Crippen molar-refractivity contribution in [2.24, 2.45) is 4.99 Å². The molecule has 5 nitrogen and oxygen atoms in total. The van der Waals surface area contributed by atoms with Crippen molar-refractivity contribution in [3.63, 3.8) is 0 Å². The highest BCUT2D eigenvalue weighted by Gasteiger charge is 2.06. The minimum atomic E-state index is 0.550. The van der Waals surface area contributed by atoms with Crippen molar-refractivity contribution in [1.29, 1.82) is 0 Å². The highest BCUT2D eigenvalue weighted by molar-refractivity contribution is 7.98. The Balaban J connectivity index is 2.54. The van der Waals surface area contributed by atoms with Crippen LogP contribution < -0.4 is 15.4 Å². The molecule has 0 amide bonds. The molecule has 0 aliphatic carbocycles. The van der Waals surface area contributed by atoms with Crippen molar-refractivity contribution in [2.75, 3.05) is 45.9 Å². The Morgan fingerprint density at radius 3 is 2.78 bits per heavy atom. The predicted octanol–water partition coefficient (Wildman–Crippen LogP) is 2.44. The van der Waals surface area contributed by atoms with Gasteiger partial charge in [0.05, 0.1) is 6.61 Å². The van der Waals surface area contributed by atoms with Gasteiger partial charge in [-0.3, -0.25) is 4.99 Å². The Labute approximate surface area is 144 Å². The molecule has 23 heavy (non-hydrogen) atoms. The molecule has 0 bridgehead atoms. The van der Waals surface area contributed by atoms with Crippen molar-refractivity contribution in [1.82, 2.24) is 10.6 Å². The number of ether oxygens (including phenoxy) is 2. The number of aliphatic imine (C=N–C) groups is 1. The van der Waals surface area contributed by atoms with Gasteiger partial charge < -0.3 is 20.1 Å². The molecular weight excluding hydrogens is 310 g/mol. The van der Waals surface area contributed by atoms with E-state index in [1.807, 2.05) is 11.8 Å². The van der Waals surface area contributed by atoms with E-state index in [1.165, 1.54) is 5.56 Å². The van der Waals surface area contributed by atoms with Crippen molar-refractivity contribution in [2.45, 2.75) is 19.9 Å². The SMILES string of the molecule is CN=C(NCCCSC)NCc1ccc(C)cc1OCCOC. The summed E-state index contributed by atoms with van der Waals surface area (Å²) < 4.78 is 10.9. The molecule has 1 rings (SSSR count). The van der Waals surface area contributed by atoms with Gasteiger partial charge in [-0.25, -0.2) is 0 Å². The maximum Gasteiger partial charge on any atom is 0.191 e. The average molecular weight is 340 g/mol. The second-order valence-corrected chi connectivity index (χ2v) is 6.14. The molecule has 0 saturated carbocycles. The summed E-state index contributed by atoms with van der Waals surface area (Å²) in [6.07, 6.45) is 3.24. The first-order chi connectivity index (χ1) is 11.2. The predicted molar refractivity (Wildman–Crippen MR) is 99.8 cm³/mol. The molecule has 0 aliphatic rings. The minimum Gasteiger partial charge on any atom is -0.491 e. The Kier molecular flexibility index (Phi) is 10.3. The van der Waals surface area contributed by atoms with Crippen LogP contribution in [0.1, 0.15) is 17.5 Å². The lowest BCUT2D eigenvalue weighted by atomic mass is 10.1. The third kappa shape index (κ3) is 8.13. The molecule has 0 atom stereocenters. The van der Waals surface area contributed by atoms with Gasteiger partial charge in [0.25, 0.3) is 0 Å². The van der Waals surface area contributed by atoms with Crippen LogP contribution in [-0.4, -0.2) is 51.9 Å². The first-order valence-electron chi connectivity index (χ1n) is 7.86. The van der Waals surface area contributed by atoms with Gasteiger partial charge in [-0.05, 0) is 37.0 Å². The van der Waals surface area contributed by atoms with E-state index >= 15 is 0 Å². The van der Waals surface area contributed by atoms with Crippen molar-refractivity contribution >= 4 is 17.7 Å². The standard InChI is InChI=1S/C17H29N3O2S/c1-14-6-7-15(16(12-14)22-10-9-21-3)13-20-17(18-2)19-8-5-11-23-4/h6-7,12H,5,8-11,13H2,1-4H3,(H2,18,19,20). The smallest absolute Gasteiger partial charge is 0.191 e. The number of thioether (sulfide) groups is 1. The number of nitrogens with zero attached hydrogens (tertiary/aromatic N) is 1. The quantitative estimate of drug-likeness (QED) is 0.390. The van der Waals surface area contributed by atoms with Gasteiger partial charge in [0.15, 0.2) is 5.96 Å². The average Bonchev–Trinajstić information content (AvgIpc) is 2.56. The van der Waals surface area contributed by atoms with Gasteiger partial charge in [-0.1, -0.05) is 12.1 Å². The van der Waals surface area contributed by atoms with Gasteiger partial charge >= 0.3 is 0 Å². The van der Waals surface area contributed by atoms with Crippen LogP contribution in [0.15, 0.2) is 23.2 Å². The van der Waals surface area contributed by atoms with E-state index in [0.29, 0.717) is 19.8 Å². The summed E-state index contributed by atoms with van der Waals surface area (Å²) in [7, 11) is 3.46. The van der Waals surface area contributed by atoms with Crippen LogP contribution in [0, 0.1) is 6.92 Å². The summed E-state index contributed by atoms with van der Waals surface area (Å²) in [5.74, 6) is 2.86. The maximum atomic E-state index is 5.81. The molecule has 0 heterocycles. The van der Waals surface area contributed by atoms with E-state index in [0.717, 1.165) is 36.0 Å². The summed E-state index contributed by atoms with van der Waals surface area (Å²) in [5.41, 5.74) is 2.29. The molecule has 6 heteroatoms. The Bertz CT molecular complexity index is 481. The zero-order valence-electron chi connectivity index (χ0n) is 14.6. The third-order valence-electron chi connectivity index (χ3n) is 3.26. The van der Waals surface area contributed by atoms with E-state index in [-0.39, 0.29) is 0 Å². The normalized spacial score (nSPS) is 11.4. The third-order valence-corrected chi connectivity index (χ3v) is 3.95. The minimum absolute atomic E-state index is 0.550. The fourth-order valence-electron chi connectivity index (χ4n) is 2.00. The van der Waals surface area contributed by atoms with E-state index in [9.17, 15) is 0 Å². The fourth-order valence-corrected chi connectivity index (χ4v) is 2.43. The molecule has 130 valence electrons. The molecule has 0 radical (unpaired) electrons. The van der Waals surface area contributed by atoms with Gasteiger partial charge in [0.2, 0.25) is 0 Å². The fraction of sp³-hybridized carbons (Fsp3) is 0.588. The summed E-state index contributed by atoms with van der Waals surface area (Å²) >= 11 is 1.86. The molecule has 0 fully saturated rings. The lowest BCUT2D eigenvalue weighted by molar-refractivity contribution is 0.145. The first-order valence-corrected chi connectivity index (χ1v) is 9.25. The molecule has 0 aliphatic heterocycles. The van der Waals surface area contributed by atoms with E-state index in [1.54, 1.807) is 14.2 Å². The van der Waals surface area contributed by atoms with E-state index in [4.69, 9.17) is 9.47 Å². The van der Waals surface area contributed by atoms with Crippen molar-refractivity contribution in [3.05, 3.63) is 29.3 Å². The number of benzene rings is 1. The van der Waals surface area contributed by atoms with Crippen LogP contribution in [0.25, 0.3) is 0 Å². The van der Waals surface area contributed by atoms with Crippen LogP contribution in [-0.2, 0) is 11.3 Å². The molecule has 0 spiro atoms. The van der Waals surface area contributed by atoms with Crippen LogP contribution in [0.4, 0.5) is 0 Å². The largest absolute Gasteiger partial charge is 0.491 e. The van der Waals surface area contributed by atoms with Crippen LogP contribution in [0.3, 0.4) is 0 Å². The zero-order chi connectivity index (χ0) is 16.9. The maximum absolute atomic E-state index is 5.81. The highest BCUT2D eigenvalue weighted by Crippen LogP contribution is 2.20. The summed E-state index contributed by atoms with van der Waals surface area (Å²) in [6, 6.07) is 6.24. The van der Waals surface area contributed by atoms with Crippen molar-refractivity contribution in [3.8, 4) is 5.75 Å². The molecule has 0 unspecified atom stereocenters. The molecule has 0 saturated heterocycles. The number of rotatable bonds is 10. The van der Waals surface area contributed by atoms with Gasteiger partial charge in [-0.2, -0.15) is 11.8 Å². The number of methoxy groups -OCH3 is 1. The number of hydrogen-bond donors (Lipinski definition) is 2. The second-order valence-electron chi connectivity index (χ2n) is 5.15. The summed E-state index contributed by atoms with van der Waals surface area (Å²) in [6.45, 7) is 4.79. The van der Waals surface area contributed by atoms with Crippen LogP contribution >= 0.6 is 11.8 Å². The lowest BCUT2D eigenvalue weighted by Crippen LogP contribution is -2.37. The molecule has 2 N–H and O–H groups in total. The first kappa shape index (κ1) is 19.6. The van der Waals surface area contributed by atoms with Crippen LogP contribution in [0.2, 0.25) is 0 Å². The topological polar surface area (TPSA) is 54.9 Å². The Morgan fingerprint density at radius 2 is 2.09 bits per heavy atom. The number of aryl methyl sites for hydroxylation is 1. The Hall–Kier alpha value is -1.40.